The summed E-state index contributed by atoms with van der Waals surface area (Å²) in [6.45, 7) is 4.06. The van der Waals surface area contributed by atoms with Gasteiger partial charge in [0.2, 0.25) is 5.91 Å². The number of rotatable bonds is 2. The zero-order valence-corrected chi connectivity index (χ0v) is 11.0. The molecule has 1 aliphatic heterocycles. The van der Waals surface area contributed by atoms with Crippen molar-refractivity contribution < 1.29 is 13.6 Å². The number of hydrogen-bond donors (Lipinski definition) is 2. The van der Waals surface area contributed by atoms with Crippen LogP contribution in [-0.2, 0) is 11.3 Å². The lowest BCUT2D eigenvalue weighted by Gasteiger charge is -2.43. The predicted octanol–water partition coefficient (Wildman–Crippen LogP) is 1.14. The van der Waals surface area contributed by atoms with Gasteiger partial charge in [-0.1, -0.05) is 0 Å². The maximum absolute atomic E-state index is 14.1. The van der Waals surface area contributed by atoms with Crippen LogP contribution >= 0.6 is 0 Å². The molecule has 3 N–H and O–H groups in total. The van der Waals surface area contributed by atoms with Crippen LogP contribution in [0.2, 0.25) is 0 Å². The topological polar surface area (TPSA) is 58.4 Å². The van der Waals surface area contributed by atoms with Crippen molar-refractivity contribution in [2.75, 3.05) is 18.0 Å². The molecule has 0 saturated carbocycles. The molecule has 0 atom stereocenters. The van der Waals surface area contributed by atoms with Gasteiger partial charge in [0.25, 0.3) is 0 Å². The minimum absolute atomic E-state index is 0.0675. The van der Waals surface area contributed by atoms with Crippen LogP contribution in [0.3, 0.4) is 0 Å². The molecule has 1 aromatic rings. The zero-order chi connectivity index (χ0) is 14.2. The molecule has 0 bridgehead atoms. The first-order chi connectivity index (χ1) is 8.87. The van der Waals surface area contributed by atoms with Crippen molar-refractivity contribution in [2.24, 2.45) is 5.73 Å². The largest absolute Gasteiger partial charge is 0.352 e. The molecule has 1 aliphatic rings. The summed E-state index contributed by atoms with van der Waals surface area (Å²) in [5.41, 5.74) is 4.60. The Balaban J connectivity index is 2.49. The third-order valence-electron chi connectivity index (χ3n) is 3.43. The highest BCUT2D eigenvalue weighted by Crippen LogP contribution is 2.31. The van der Waals surface area contributed by atoms with E-state index in [9.17, 15) is 13.6 Å². The second-order valence-electron chi connectivity index (χ2n) is 5.08. The molecule has 0 aliphatic carbocycles. The summed E-state index contributed by atoms with van der Waals surface area (Å²) in [4.78, 5) is 13.3. The molecule has 1 amide bonds. The Hall–Kier alpha value is -1.69. The quantitative estimate of drug-likeness (QED) is 0.846. The SMILES string of the molecule is CC1(C)C(=O)NCCN1c1c(F)cc(CN)cc1F. The van der Waals surface area contributed by atoms with E-state index in [2.05, 4.69) is 5.32 Å². The van der Waals surface area contributed by atoms with E-state index in [4.69, 9.17) is 5.73 Å². The number of anilines is 1. The molecule has 0 unspecified atom stereocenters. The van der Waals surface area contributed by atoms with Gasteiger partial charge in [0.05, 0.1) is 0 Å². The van der Waals surface area contributed by atoms with Gasteiger partial charge < -0.3 is 16.0 Å². The van der Waals surface area contributed by atoms with Crippen molar-refractivity contribution >= 4 is 11.6 Å². The Morgan fingerprint density at radius 2 is 1.95 bits per heavy atom. The van der Waals surface area contributed by atoms with Crippen molar-refractivity contribution in [1.29, 1.82) is 0 Å². The summed E-state index contributed by atoms with van der Waals surface area (Å²) >= 11 is 0. The summed E-state index contributed by atoms with van der Waals surface area (Å²) in [5.74, 6) is -1.63. The van der Waals surface area contributed by atoms with E-state index in [-0.39, 0.29) is 18.1 Å². The molecule has 1 aromatic carbocycles. The molecular formula is C13H17F2N3O. The highest BCUT2D eigenvalue weighted by atomic mass is 19.1. The van der Waals surface area contributed by atoms with Crippen LogP contribution in [0.5, 0.6) is 0 Å². The Labute approximate surface area is 110 Å². The number of amides is 1. The summed E-state index contributed by atoms with van der Waals surface area (Å²) in [6, 6.07) is 2.42. The van der Waals surface area contributed by atoms with E-state index < -0.39 is 17.2 Å². The number of piperazine rings is 1. The number of halogens is 2. The molecule has 0 spiro atoms. The third-order valence-corrected chi connectivity index (χ3v) is 3.43. The van der Waals surface area contributed by atoms with E-state index in [0.717, 1.165) is 0 Å². The molecule has 104 valence electrons. The van der Waals surface area contributed by atoms with E-state index in [1.807, 2.05) is 0 Å². The molecule has 4 nitrogen and oxygen atoms in total. The van der Waals surface area contributed by atoms with Crippen LogP contribution in [0.1, 0.15) is 19.4 Å². The number of nitrogens with two attached hydrogens (primary N) is 1. The highest BCUT2D eigenvalue weighted by molar-refractivity contribution is 5.90. The molecule has 0 radical (unpaired) electrons. The first kappa shape index (κ1) is 13.7. The highest BCUT2D eigenvalue weighted by Gasteiger charge is 2.40. The maximum Gasteiger partial charge on any atom is 0.245 e. The van der Waals surface area contributed by atoms with E-state index in [1.165, 1.54) is 17.0 Å². The normalized spacial score (nSPS) is 18.4. The lowest BCUT2D eigenvalue weighted by atomic mass is 9.97. The summed E-state index contributed by atoms with van der Waals surface area (Å²) < 4.78 is 28.2. The maximum atomic E-state index is 14.1. The van der Waals surface area contributed by atoms with Gasteiger partial charge >= 0.3 is 0 Å². The molecular weight excluding hydrogens is 252 g/mol. The molecule has 0 aromatic heterocycles. The van der Waals surface area contributed by atoms with E-state index in [1.54, 1.807) is 13.8 Å². The average molecular weight is 269 g/mol. The molecule has 1 saturated heterocycles. The lowest BCUT2D eigenvalue weighted by molar-refractivity contribution is -0.126. The first-order valence-corrected chi connectivity index (χ1v) is 6.12. The fraction of sp³-hybridized carbons (Fsp3) is 0.462. The summed E-state index contributed by atoms with van der Waals surface area (Å²) in [6.07, 6.45) is 0. The van der Waals surface area contributed by atoms with Gasteiger partial charge in [0, 0.05) is 19.6 Å². The fourth-order valence-corrected chi connectivity index (χ4v) is 2.28. The molecule has 1 heterocycles. The Morgan fingerprint density at radius 3 is 2.47 bits per heavy atom. The van der Waals surface area contributed by atoms with Crippen LogP contribution in [0.4, 0.5) is 14.5 Å². The first-order valence-electron chi connectivity index (χ1n) is 6.12. The predicted molar refractivity (Wildman–Crippen MR) is 68.7 cm³/mol. The van der Waals surface area contributed by atoms with Crippen LogP contribution in [0.25, 0.3) is 0 Å². The Kier molecular flexibility index (Phi) is 3.45. The Bertz CT molecular complexity index is 494. The number of carbonyl (C=O) groups excluding carboxylic acids is 1. The minimum atomic E-state index is -0.996. The molecule has 6 heteroatoms. The van der Waals surface area contributed by atoms with Gasteiger partial charge in [-0.15, -0.1) is 0 Å². The number of nitrogens with one attached hydrogen (secondary N) is 1. The second-order valence-corrected chi connectivity index (χ2v) is 5.08. The van der Waals surface area contributed by atoms with Gasteiger partial charge in [-0.05, 0) is 31.5 Å². The van der Waals surface area contributed by atoms with Gasteiger partial charge in [0.1, 0.15) is 22.9 Å². The number of carbonyl (C=O) groups is 1. The Morgan fingerprint density at radius 1 is 1.37 bits per heavy atom. The van der Waals surface area contributed by atoms with Crippen LogP contribution < -0.4 is 16.0 Å². The van der Waals surface area contributed by atoms with Crippen LogP contribution in [0, 0.1) is 11.6 Å². The third kappa shape index (κ3) is 2.28. The van der Waals surface area contributed by atoms with Crippen molar-refractivity contribution in [1.82, 2.24) is 5.32 Å². The zero-order valence-electron chi connectivity index (χ0n) is 11.0. The monoisotopic (exact) mass is 269 g/mol. The van der Waals surface area contributed by atoms with E-state index in [0.29, 0.717) is 18.7 Å². The second kappa shape index (κ2) is 4.77. The van der Waals surface area contributed by atoms with Crippen molar-refractivity contribution in [3.05, 3.63) is 29.3 Å². The lowest BCUT2D eigenvalue weighted by Crippen LogP contribution is -2.62. The molecule has 1 fully saturated rings. The van der Waals surface area contributed by atoms with Crippen molar-refractivity contribution in [2.45, 2.75) is 25.9 Å². The van der Waals surface area contributed by atoms with E-state index >= 15 is 0 Å². The van der Waals surface area contributed by atoms with Crippen LogP contribution in [0.15, 0.2) is 12.1 Å². The number of nitrogens with zero attached hydrogens (tertiary/aromatic N) is 1. The standard InChI is InChI=1S/C13H17F2N3O/c1-13(2)12(19)17-3-4-18(13)11-9(14)5-8(7-16)6-10(11)15/h5-6H,3-4,7,16H2,1-2H3,(H,17,19). The van der Waals surface area contributed by atoms with Gasteiger partial charge in [-0.2, -0.15) is 0 Å². The molecule has 2 rings (SSSR count). The summed E-state index contributed by atoms with van der Waals surface area (Å²) in [5, 5.41) is 2.69. The fourth-order valence-electron chi connectivity index (χ4n) is 2.28. The summed E-state index contributed by atoms with van der Waals surface area (Å²) in [7, 11) is 0. The molecule has 19 heavy (non-hydrogen) atoms. The van der Waals surface area contributed by atoms with Gasteiger partial charge in [-0.25, -0.2) is 8.78 Å². The number of benzene rings is 1. The average Bonchev–Trinajstić information content (AvgIpc) is 2.33. The van der Waals surface area contributed by atoms with Crippen molar-refractivity contribution in [3.8, 4) is 0 Å². The van der Waals surface area contributed by atoms with Crippen molar-refractivity contribution in [3.63, 3.8) is 0 Å². The number of hydrogen-bond acceptors (Lipinski definition) is 3. The minimum Gasteiger partial charge on any atom is -0.352 e. The smallest absolute Gasteiger partial charge is 0.245 e. The van der Waals surface area contributed by atoms with Gasteiger partial charge in [0.15, 0.2) is 0 Å². The van der Waals surface area contributed by atoms with Crippen LogP contribution in [-0.4, -0.2) is 24.5 Å². The van der Waals surface area contributed by atoms with Gasteiger partial charge in [-0.3, -0.25) is 4.79 Å².